The fourth-order valence-electron chi connectivity index (χ4n) is 4.47. The SMILES string of the molecule is Cc1cc2c(c(C)c1C)C(c1ccccn1)=N[C@@H](CCC(=O)OCC(=O)OC(C)C)c1ncc(C)n1-2.O=P(O)(O)O. The second-order valence-corrected chi connectivity index (χ2v) is 10.9. The molecule has 0 spiro atoms. The zero-order chi connectivity index (χ0) is 30.5. The standard InChI is InChI=1S/C28H32N4O4.H3O4P/c1-16(2)36-25(34)15-35-24(33)11-10-22-28-30-14-18(4)32(28)23-13-17(3)19(5)20(6)26(23)27(31-22)21-9-7-8-12-29-21;1-5(2,3)4/h7-9,12-14,16,22H,10-11,15H2,1-6H3;(H3,1,2,3,4)/t22-;/m0./s1. The fraction of sp³-hybridized carbons (Fsp3) is 0.393. The molecule has 0 aliphatic carbocycles. The number of carbonyl (C=O) groups excluding carboxylic acids is 2. The van der Waals surface area contributed by atoms with Crippen LogP contribution in [0, 0.1) is 27.7 Å². The van der Waals surface area contributed by atoms with Crippen molar-refractivity contribution in [3.05, 3.63) is 76.1 Å². The van der Waals surface area contributed by atoms with Crippen LogP contribution in [0.25, 0.3) is 5.69 Å². The summed E-state index contributed by atoms with van der Waals surface area (Å²) in [7, 11) is -4.64. The minimum absolute atomic E-state index is 0.0813. The molecule has 1 atom stereocenters. The quantitative estimate of drug-likeness (QED) is 0.273. The highest BCUT2D eigenvalue weighted by Crippen LogP contribution is 2.36. The molecule has 41 heavy (non-hydrogen) atoms. The van der Waals surface area contributed by atoms with E-state index in [0.29, 0.717) is 6.42 Å². The van der Waals surface area contributed by atoms with E-state index >= 15 is 0 Å². The molecule has 0 radical (unpaired) electrons. The van der Waals surface area contributed by atoms with Crippen molar-refractivity contribution in [2.24, 2.45) is 4.99 Å². The summed E-state index contributed by atoms with van der Waals surface area (Å²) in [5.74, 6) is -0.287. The largest absolute Gasteiger partial charge is 0.466 e. The number of carbonyl (C=O) groups is 2. The molecule has 220 valence electrons. The van der Waals surface area contributed by atoms with Gasteiger partial charge in [0.2, 0.25) is 0 Å². The van der Waals surface area contributed by atoms with Crippen LogP contribution in [0.1, 0.15) is 72.2 Å². The lowest BCUT2D eigenvalue weighted by Gasteiger charge is -2.19. The van der Waals surface area contributed by atoms with Crippen LogP contribution in [0.2, 0.25) is 0 Å². The maximum Gasteiger partial charge on any atom is 0.466 e. The van der Waals surface area contributed by atoms with Crippen LogP contribution >= 0.6 is 7.82 Å². The molecule has 0 unspecified atom stereocenters. The molecule has 3 N–H and O–H groups in total. The number of pyridine rings is 1. The monoisotopic (exact) mass is 586 g/mol. The van der Waals surface area contributed by atoms with Gasteiger partial charge in [-0.05, 0) is 82.9 Å². The van der Waals surface area contributed by atoms with Gasteiger partial charge in [-0.3, -0.25) is 19.3 Å². The molecule has 1 aliphatic rings. The maximum absolute atomic E-state index is 12.5. The van der Waals surface area contributed by atoms with E-state index in [-0.39, 0.29) is 12.5 Å². The Bertz CT molecular complexity index is 1490. The number of fused-ring (bicyclic) bond motifs is 3. The Morgan fingerprint density at radius 1 is 1.05 bits per heavy atom. The van der Waals surface area contributed by atoms with Crippen LogP contribution in [-0.2, 0) is 23.6 Å². The Morgan fingerprint density at radius 3 is 2.34 bits per heavy atom. The van der Waals surface area contributed by atoms with E-state index in [1.54, 1.807) is 20.0 Å². The van der Waals surface area contributed by atoms with Crippen molar-refractivity contribution < 1.29 is 38.3 Å². The molecular formula is C28H35N4O8P. The number of imidazole rings is 1. The Balaban J connectivity index is 0.000000850. The fourth-order valence-corrected chi connectivity index (χ4v) is 4.47. The third kappa shape index (κ3) is 8.40. The molecule has 3 aromatic rings. The molecular weight excluding hydrogens is 551 g/mol. The van der Waals surface area contributed by atoms with Crippen molar-refractivity contribution in [1.82, 2.24) is 14.5 Å². The van der Waals surface area contributed by atoms with Crippen LogP contribution in [0.4, 0.5) is 0 Å². The number of nitrogens with zero attached hydrogens (tertiary/aromatic N) is 4. The van der Waals surface area contributed by atoms with Gasteiger partial charge in [0.1, 0.15) is 11.9 Å². The van der Waals surface area contributed by atoms with Gasteiger partial charge in [0.25, 0.3) is 0 Å². The third-order valence-corrected chi connectivity index (χ3v) is 6.41. The zero-order valence-corrected chi connectivity index (χ0v) is 24.8. The minimum Gasteiger partial charge on any atom is -0.460 e. The van der Waals surface area contributed by atoms with Gasteiger partial charge in [-0.15, -0.1) is 0 Å². The first-order chi connectivity index (χ1) is 19.2. The Labute approximate surface area is 238 Å². The molecule has 0 amide bonds. The van der Waals surface area contributed by atoms with Crippen LogP contribution in [0.5, 0.6) is 0 Å². The molecule has 12 nitrogen and oxygen atoms in total. The summed E-state index contributed by atoms with van der Waals surface area (Å²) >= 11 is 0. The number of benzene rings is 1. The smallest absolute Gasteiger partial charge is 0.460 e. The van der Waals surface area contributed by atoms with Gasteiger partial charge in [-0.1, -0.05) is 6.07 Å². The van der Waals surface area contributed by atoms with Crippen LogP contribution in [-0.4, -0.2) is 59.6 Å². The molecule has 0 fully saturated rings. The van der Waals surface area contributed by atoms with Gasteiger partial charge >= 0.3 is 19.8 Å². The van der Waals surface area contributed by atoms with Crippen molar-refractivity contribution in [3.8, 4) is 5.69 Å². The Hall–Kier alpha value is -3.70. The number of phosphoric acid groups is 1. The molecule has 4 rings (SSSR count). The minimum atomic E-state index is -4.64. The molecule has 13 heteroatoms. The molecule has 1 aliphatic heterocycles. The highest BCUT2D eigenvalue weighted by molar-refractivity contribution is 7.45. The first-order valence-corrected chi connectivity index (χ1v) is 14.5. The predicted octanol–water partition coefficient (Wildman–Crippen LogP) is 3.74. The number of esters is 2. The van der Waals surface area contributed by atoms with Gasteiger partial charge in [0.05, 0.1) is 23.2 Å². The molecule has 3 heterocycles. The summed E-state index contributed by atoms with van der Waals surface area (Å²) in [5, 5.41) is 0. The lowest BCUT2D eigenvalue weighted by atomic mass is 9.92. The van der Waals surface area contributed by atoms with Gasteiger partial charge in [0, 0.05) is 30.1 Å². The van der Waals surface area contributed by atoms with E-state index in [1.807, 2.05) is 31.3 Å². The molecule has 0 saturated heterocycles. The zero-order valence-electron chi connectivity index (χ0n) is 23.9. The third-order valence-electron chi connectivity index (χ3n) is 6.41. The second-order valence-electron chi connectivity index (χ2n) is 9.89. The summed E-state index contributed by atoms with van der Waals surface area (Å²) in [5.41, 5.74) is 8.06. The van der Waals surface area contributed by atoms with Crippen LogP contribution in [0.15, 0.2) is 41.7 Å². The highest BCUT2D eigenvalue weighted by Gasteiger charge is 2.30. The highest BCUT2D eigenvalue weighted by atomic mass is 31.2. The van der Waals surface area contributed by atoms with Gasteiger partial charge in [-0.2, -0.15) is 0 Å². The van der Waals surface area contributed by atoms with E-state index in [9.17, 15) is 9.59 Å². The second kappa shape index (κ2) is 13.3. The molecule has 2 aromatic heterocycles. The molecule has 0 saturated carbocycles. The van der Waals surface area contributed by atoms with Crippen LogP contribution < -0.4 is 0 Å². The van der Waals surface area contributed by atoms with Crippen molar-refractivity contribution in [3.63, 3.8) is 0 Å². The Kier molecular flexibility index (Phi) is 10.3. The van der Waals surface area contributed by atoms with Crippen molar-refractivity contribution in [2.45, 2.75) is 66.5 Å². The van der Waals surface area contributed by atoms with E-state index in [0.717, 1.165) is 39.7 Å². The Morgan fingerprint density at radius 2 is 1.73 bits per heavy atom. The van der Waals surface area contributed by atoms with Crippen molar-refractivity contribution >= 4 is 25.5 Å². The van der Waals surface area contributed by atoms with Crippen LogP contribution in [0.3, 0.4) is 0 Å². The number of rotatable bonds is 7. The first kappa shape index (κ1) is 31.8. The lowest BCUT2D eigenvalue weighted by Crippen LogP contribution is -2.20. The number of ether oxygens (including phenoxy) is 2. The van der Waals surface area contributed by atoms with Gasteiger partial charge in [-0.25, -0.2) is 14.3 Å². The first-order valence-electron chi connectivity index (χ1n) is 13.0. The summed E-state index contributed by atoms with van der Waals surface area (Å²) in [6, 6.07) is 7.54. The number of aryl methyl sites for hydroxylation is 2. The summed E-state index contributed by atoms with van der Waals surface area (Å²) in [6.45, 7) is 11.4. The maximum atomic E-state index is 12.5. The average molecular weight is 587 g/mol. The number of hydrogen-bond acceptors (Lipinski definition) is 8. The van der Waals surface area contributed by atoms with E-state index in [2.05, 4.69) is 36.4 Å². The van der Waals surface area contributed by atoms with E-state index < -0.39 is 32.4 Å². The summed E-state index contributed by atoms with van der Waals surface area (Å²) in [6.07, 6.45) is 3.78. The summed E-state index contributed by atoms with van der Waals surface area (Å²) < 4.78 is 21.2. The number of hydrogen-bond donors (Lipinski definition) is 3. The average Bonchev–Trinajstić information content (AvgIpc) is 3.20. The van der Waals surface area contributed by atoms with Crippen molar-refractivity contribution in [1.29, 1.82) is 0 Å². The summed E-state index contributed by atoms with van der Waals surface area (Å²) in [4.78, 5) is 60.2. The van der Waals surface area contributed by atoms with Gasteiger partial charge < -0.3 is 24.2 Å². The topological polar surface area (TPSA) is 173 Å². The normalized spacial score (nSPS) is 14.2. The predicted molar refractivity (Wildman–Crippen MR) is 151 cm³/mol. The van der Waals surface area contributed by atoms with E-state index in [1.165, 1.54) is 11.1 Å². The lowest BCUT2D eigenvalue weighted by molar-refractivity contribution is -0.161. The molecule has 1 aromatic carbocycles. The number of aliphatic imine (C=N–C) groups is 1. The number of aromatic nitrogens is 3. The van der Waals surface area contributed by atoms with Crippen molar-refractivity contribution in [2.75, 3.05) is 6.61 Å². The van der Waals surface area contributed by atoms with Gasteiger partial charge in [0.15, 0.2) is 6.61 Å². The molecule has 0 bridgehead atoms. The van der Waals surface area contributed by atoms with E-state index in [4.69, 9.17) is 38.7 Å².